The quantitative estimate of drug-likeness (QED) is 0.177. The average molecular weight is 630 g/mol. The summed E-state index contributed by atoms with van der Waals surface area (Å²) in [6.45, 7) is 0. The molecule has 0 atom stereocenters. The molecule has 0 fully saturated rings. The van der Waals surface area contributed by atoms with Gasteiger partial charge in [0.2, 0.25) is 0 Å². The summed E-state index contributed by atoms with van der Waals surface area (Å²) in [6, 6.07) is 68.2. The first-order valence-electron chi connectivity index (χ1n) is 16.3. The minimum absolute atomic E-state index is 1.12. The van der Waals surface area contributed by atoms with Crippen LogP contribution in [0.1, 0.15) is 0 Å². The Hall–Kier alpha value is -5.96. The molecule has 0 unspecified atom stereocenters. The molecule has 0 amide bonds. The van der Waals surface area contributed by atoms with E-state index in [0.717, 1.165) is 17.1 Å². The highest BCUT2D eigenvalue weighted by Crippen LogP contribution is 2.49. The fourth-order valence-corrected chi connectivity index (χ4v) is 8.06. The maximum absolute atomic E-state index is 2.44. The fraction of sp³-hybridized carbons (Fsp3) is 0. The molecule has 0 N–H and O–H groups in total. The molecule has 8 aromatic carbocycles. The molecule has 1 aromatic heterocycles. The minimum atomic E-state index is 1.12. The van der Waals surface area contributed by atoms with Gasteiger partial charge in [-0.1, -0.05) is 140 Å². The highest BCUT2D eigenvalue weighted by molar-refractivity contribution is 7.26. The van der Waals surface area contributed by atoms with Gasteiger partial charge in [-0.2, -0.15) is 0 Å². The Bertz CT molecular complexity index is 2550. The Balaban J connectivity index is 1.33. The minimum Gasteiger partial charge on any atom is -0.310 e. The second-order valence-corrected chi connectivity index (χ2v) is 13.2. The lowest BCUT2D eigenvalue weighted by Crippen LogP contribution is -2.11. The zero-order valence-corrected chi connectivity index (χ0v) is 27.1. The van der Waals surface area contributed by atoms with Gasteiger partial charge in [0.15, 0.2) is 0 Å². The number of rotatable bonds is 6. The van der Waals surface area contributed by atoms with E-state index in [2.05, 4.69) is 193 Å². The van der Waals surface area contributed by atoms with Gasteiger partial charge in [0.05, 0.1) is 5.69 Å². The van der Waals surface area contributed by atoms with Crippen LogP contribution in [0.25, 0.3) is 64.3 Å². The Kier molecular flexibility index (Phi) is 7.07. The van der Waals surface area contributed by atoms with Crippen molar-refractivity contribution in [2.24, 2.45) is 0 Å². The third kappa shape index (κ3) is 5.04. The Morgan fingerprint density at radius 1 is 0.354 bits per heavy atom. The summed E-state index contributed by atoms with van der Waals surface area (Å²) in [5.41, 5.74) is 10.7. The molecule has 9 aromatic rings. The highest BCUT2D eigenvalue weighted by atomic mass is 32.1. The summed E-state index contributed by atoms with van der Waals surface area (Å²) in [5.74, 6) is 0. The van der Waals surface area contributed by atoms with E-state index in [4.69, 9.17) is 0 Å². The monoisotopic (exact) mass is 629 g/mol. The van der Waals surface area contributed by atoms with Crippen LogP contribution in [0.4, 0.5) is 17.1 Å². The topological polar surface area (TPSA) is 3.24 Å². The molecule has 0 aliphatic heterocycles. The van der Waals surface area contributed by atoms with Gasteiger partial charge in [-0.3, -0.25) is 0 Å². The van der Waals surface area contributed by atoms with Crippen molar-refractivity contribution >= 4 is 59.3 Å². The van der Waals surface area contributed by atoms with E-state index in [1.54, 1.807) is 0 Å². The summed E-state index contributed by atoms with van der Waals surface area (Å²) in [5, 5.41) is 5.04. The lowest BCUT2D eigenvalue weighted by atomic mass is 9.93. The molecule has 0 saturated heterocycles. The molecule has 1 nitrogen and oxygen atoms in total. The molecule has 48 heavy (non-hydrogen) atoms. The summed E-state index contributed by atoms with van der Waals surface area (Å²) < 4.78 is 2.59. The largest absolute Gasteiger partial charge is 0.310 e. The highest BCUT2D eigenvalue weighted by Gasteiger charge is 2.22. The van der Waals surface area contributed by atoms with Crippen molar-refractivity contribution in [2.45, 2.75) is 0 Å². The summed E-state index contributed by atoms with van der Waals surface area (Å²) in [7, 11) is 0. The number of fused-ring (bicyclic) bond motifs is 4. The molecule has 1 heterocycles. The van der Waals surface area contributed by atoms with Crippen LogP contribution < -0.4 is 4.90 Å². The average Bonchev–Trinajstić information content (AvgIpc) is 3.55. The van der Waals surface area contributed by atoms with Crippen LogP contribution in [0, 0.1) is 0 Å². The van der Waals surface area contributed by atoms with Crippen molar-refractivity contribution in [1.29, 1.82) is 0 Å². The third-order valence-corrected chi connectivity index (χ3v) is 10.4. The molecule has 0 aliphatic carbocycles. The normalized spacial score (nSPS) is 11.3. The lowest BCUT2D eigenvalue weighted by molar-refractivity contribution is 1.29. The predicted octanol–water partition coefficient (Wildman–Crippen LogP) is 13.7. The summed E-state index contributed by atoms with van der Waals surface area (Å²) in [4.78, 5) is 2.44. The molecule has 0 bridgehead atoms. The van der Waals surface area contributed by atoms with E-state index in [9.17, 15) is 0 Å². The number of benzene rings is 8. The smallest absolute Gasteiger partial charge is 0.0547 e. The number of thiophene rings is 1. The third-order valence-electron chi connectivity index (χ3n) is 9.24. The van der Waals surface area contributed by atoms with E-state index in [-0.39, 0.29) is 0 Å². The Morgan fingerprint density at radius 3 is 1.75 bits per heavy atom. The molecule has 226 valence electrons. The zero-order valence-electron chi connectivity index (χ0n) is 26.3. The zero-order chi connectivity index (χ0) is 31.9. The van der Waals surface area contributed by atoms with Gasteiger partial charge in [-0.15, -0.1) is 11.3 Å². The van der Waals surface area contributed by atoms with Crippen molar-refractivity contribution in [1.82, 2.24) is 0 Å². The van der Waals surface area contributed by atoms with E-state index >= 15 is 0 Å². The van der Waals surface area contributed by atoms with Crippen molar-refractivity contribution in [2.75, 3.05) is 4.90 Å². The molecule has 0 spiro atoms. The Morgan fingerprint density at radius 2 is 0.958 bits per heavy atom. The number of hydrogen-bond acceptors (Lipinski definition) is 2. The van der Waals surface area contributed by atoms with Gasteiger partial charge in [0.1, 0.15) is 0 Å². The molecule has 0 aliphatic rings. The molecule has 9 rings (SSSR count). The van der Waals surface area contributed by atoms with Gasteiger partial charge in [-0.25, -0.2) is 0 Å². The molecule has 2 heteroatoms. The molecule has 0 saturated carbocycles. The number of anilines is 3. The first-order valence-corrected chi connectivity index (χ1v) is 17.2. The molecular formula is C46H31NS. The van der Waals surface area contributed by atoms with Crippen LogP contribution in [0.5, 0.6) is 0 Å². The maximum Gasteiger partial charge on any atom is 0.0547 e. The summed E-state index contributed by atoms with van der Waals surface area (Å²) >= 11 is 1.87. The lowest BCUT2D eigenvalue weighted by Gasteiger charge is -2.29. The van der Waals surface area contributed by atoms with Gasteiger partial charge in [0.25, 0.3) is 0 Å². The van der Waals surface area contributed by atoms with Gasteiger partial charge in [0, 0.05) is 37.1 Å². The van der Waals surface area contributed by atoms with Gasteiger partial charge in [-0.05, 0) is 87.1 Å². The standard InChI is InChI=1S/C46H31NS/c1-3-12-32(13-4-1)35-22-25-39(26-23-35)47(40-27-24-34-16-7-8-17-37(34)31-40)42-28-29-44-46(41-20-9-10-21-43(41)48-44)45(42)38-19-11-18-36(30-38)33-14-5-2-6-15-33/h1-31H. The fourth-order valence-electron chi connectivity index (χ4n) is 6.95. The molecule has 0 radical (unpaired) electrons. The van der Waals surface area contributed by atoms with E-state index in [0.29, 0.717) is 0 Å². The maximum atomic E-state index is 2.44. The number of hydrogen-bond donors (Lipinski definition) is 0. The second-order valence-electron chi connectivity index (χ2n) is 12.2. The van der Waals surface area contributed by atoms with Crippen LogP contribution >= 0.6 is 11.3 Å². The van der Waals surface area contributed by atoms with Gasteiger partial charge < -0.3 is 4.90 Å². The van der Waals surface area contributed by atoms with Crippen molar-refractivity contribution in [3.05, 3.63) is 188 Å². The first-order chi connectivity index (χ1) is 23.8. The van der Waals surface area contributed by atoms with Crippen molar-refractivity contribution in [3.63, 3.8) is 0 Å². The Labute approximate surface area is 284 Å². The van der Waals surface area contributed by atoms with Crippen molar-refractivity contribution in [3.8, 4) is 33.4 Å². The van der Waals surface area contributed by atoms with Gasteiger partial charge >= 0.3 is 0 Å². The van der Waals surface area contributed by atoms with E-state index in [1.165, 1.54) is 64.3 Å². The SMILES string of the molecule is c1ccc(-c2ccc(N(c3ccc4ccccc4c3)c3ccc4sc5ccccc5c4c3-c3cccc(-c4ccccc4)c3)cc2)cc1. The van der Waals surface area contributed by atoms with E-state index < -0.39 is 0 Å². The van der Waals surface area contributed by atoms with Crippen LogP contribution in [0.2, 0.25) is 0 Å². The van der Waals surface area contributed by atoms with Crippen LogP contribution in [-0.4, -0.2) is 0 Å². The predicted molar refractivity (Wildman–Crippen MR) is 208 cm³/mol. The van der Waals surface area contributed by atoms with E-state index in [1.807, 2.05) is 11.3 Å². The van der Waals surface area contributed by atoms with Crippen LogP contribution in [-0.2, 0) is 0 Å². The first kappa shape index (κ1) is 28.3. The summed E-state index contributed by atoms with van der Waals surface area (Å²) in [6.07, 6.45) is 0. The van der Waals surface area contributed by atoms with Crippen LogP contribution in [0.15, 0.2) is 188 Å². The van der Waals surface area contributed by atoms with Crippen LogP contribution in [0.3, 0.4) is 0 Å². The molecular weight excluding hydrogens is 599 g/mol. The van der Waals surface area contributed by atoms with Crippen molar-refractivity contribution < 1.29 is 0 Å². The number of nitrogens with zero attached hydrogens (tertiary/aromatic N) is 1. The second kappa shape index (κ2) is 12.0.